The van der Waals surface area contributed by atoms with E-state index in [0.717, 1.165) is 0 Å². The van der Waals surface area contributed by atoms with Crippen LogP contribution in [0, 0.1) is 5.41 Å². The number of sulfonamides is 1. The van der Waals surface area contributed by atoms with E-state index in [1.54, 1.807) is 19.1 Å². The van der Waals surface area contributed by atoms with Crippen molar-refractivity contribution in [2.45, 2.75) is 17.9 Å². The molecule has 0 spiro atoms. The number of benzene rings is 1. The third kappa shape index (κ3) is 3.08. The Morgan fingerprint density at radius 1 is 1.48 bits per heavy atom. The topological polar surface area (TPSA) is 111 Å². The van der Waals surface area contributed by atoms with E-state index in [1.807, 2.05) is 0 Å². The molecule has 1 amide bonds. The largest absolute Gasteiger partial charge is 0.379 e. The molecule has 2 rings (SSSR count). The number of anilines is 1. The van der Waals surface area contributed by atoms with Gasteiger partial charge >= 0.3 is 0 Å². The molecule has 2 atom stereocenters. The van der Waals surface area contributed by atoms with Crippen LogP contribution < -0.4 is 15.8 Å². The predicted octanol–water partition coefficient (Wildman–Crippen LogP) is -0.103. The molecular weight excluding hydrogens is 294 g/mol. The molecule has 0 bridgehead atoms. The Bertz CT molecular complexity index is 647. The highest BCUT2D eigenvalue weighted by Crippen LogP contribution is 2.29. The molecule has 1 aromatic rings. The van der Waals surface area contributed by atoms with E-state index in [1.165, 1.54) is 19.2 Å². The first-order chi connectivity index (χ1) is 9.79. The van der Waals surface area contributed by atoms with Gasteiger partial charge in [-0.15, -0.1) is 0 Å². The molecule has 0 aromatic heterocycles. The standard InChI is InChI=1S/C13H19N3O4S/c1-13(8-20-7-11(13)14)12(17)16-9-4-3-5-10(6-9)21(18,19)15-2/h3-6,11,15H,7-8,14H2,1-2H3,(H,16,17). The van der Waals surface area contributed by atoms with Crippen LogP contribution in [0.25, 0.3) is 0 Å². The Balaban J connectivity index is 2.21. The van der Waals surface area contributed by atoms with Crippen LogP contribution in [0.15, 0.2) is 29.2 Å². The summed E-state index contributed by atoms with van der Waals surface area (Å²) >= 11 is 0. The van der Waals surface area contributed by atoms with Crippen LogP contribution in [0.4, 0.5) is 5.69 Å². The molecule has 7 nitrogen and oxygen atoms in total. The summed E-state index contributed by atoms with van der Waals surface area (Å²) in [4.78, 5) is 12.4. The minimum absolute atomic E-state index is 0.0833. The van der Waals surface area contributed by atoms with E-state index in [4.69, 9.17) is 10.5 Å². The van der Waals surface area contributed by atoms with Gasteiger partial charge in [0.25, 0.3) is 0 Å². The van der Waals surface area contributed by atoms with Gasteiger partial charge in [-0.3, -0.25) is 4.79 Å². The van der Waals surface area contributed by atoms with Crippen LogP contribution in [0.3, 0.4) is 0 Å². The molecule has 1 aromatic carbocycles. The summed E-state index contributed by atoms with van der Waals surface area (Å²) in [7, 11) is -2.22. The molecule has 1 fully saturated rings. The Hall–Kier alpha value is -1.48. The van der Waals surface area contributed by atoms with Crippen LogP contribution in [-0.2, 0) is 19.6 Å². The zero-order valence-electron chi connectivity index (χ0n) is 11.9. The minimum Gasteiger partial charge on any atom is -0.379 e. The Labute approximate surface area is 123 Å². The van der Waals surface area contributed by atoms with Crippen molar-refractivity contribution in [2.24, 2.45) is 11.1 Å². The fourth-order valence-corrected chi connectivity index (χ4v) is 2.83. The maximum Gasteiger partial charge on any atom is 0.240 e. The van der Waals surface area contributed by atoms with Crippen molar-refractivity contribution in [1.29, 1.82) is 0 Å². The van der Waals surface area contributed by atoms with Gasteiger partial charge in [0.05, 0.1) is 23.5 Å². The van der Waals surface area contributed by atoms with Gasteiger partial charge in [-0.05, 0) is 32.2 Å². The SMILES string of the molecule is CNS(=O)(=O)c1cccc(NC(=O)C2(C)COCC2N)c1. The van der Waals surface area contributed by atoms with Gasteiger partial charge in [0, 0.05) is 11.7 Å². The highest BCUT2D eigenvalue weighted by molar-refractivity contribution is 7.89. The lowest BCUT2D eigenvalue weighted by Crippen LogP contribution is -2.47. The molecule has 0 aliphatic carbocycles. The number of rotatable bonds is 4. The zero-order valence-corrected chi connectivity index (χ0v) is 12.7. The number of hydrogen-bond acceptors (Lipinski definition) is 5. The summed E-state index contributed by atoms with van der Waals surface area (Å²) in [6, 6.07) is 5.65. The van der Waals surface area contributed by atoms with Crippen molar-refractivity contribution in [1.82, 2.24) is 4.72 Å². The summed E-state index contributed by atoms with van der Waals surface area (Å²) in [6.07, 6.45) is 0. The Morgan fingerprint density at radius 2 is 2.19 bits per heavy atom. The third-order valence-corrected chi connectivity index (χ3v) is 5.12. The van der Waals surface area contributed by atoms with Gasteiger partial charge in [-0.1, -0.05) is 6.07 Å². The van der Waals surface area contributed by atoms with Crippen molar-refractivity contribution in [3.05, 3.63) is 24.3 Å². The quantitative estimate of drug-likeness (QED) is 0.719. The maximum atomic E-state index is 12.3. The molecule has 0 saturated carbocycles. The summed E-state index contributed by atoms with van der Waals surface area (Å²) in [5, 5.41) is 2.70. The molecule has 0 radical (unpaired) electrons. The van der Waals surface area contributed by atoms with Crippen LogP contribution >= 0.6 is 0 Å². The van der Waals surface area contributed by atoms with E-state index in [2.05, 4.69) is 10.0 Å². The van der Waals surface area contributed by atoms with Crippen molar-refractivity contribution >= 4 is 21.6 Å². The average Bonchev–Trinajstić information content (AvgIpc) is 2.80. The van der Waals surface area contributed by atoms with E-state index in [-0.39, 0.29) is 23.5 Å². The van der Waals surface area contributed by atoms with E-state index < -0.39 is 15.4 Å². The second-order valence-corrected chi connectivity index (χ2v) is 7.12. The van der Waals surface area contributed by atoms with Crippen LogP contribution in [0.5, 0.6) is 0 Å². The number of ether oxygens (including phenoxy) is 1. The number of carbonyl (C=O) groups is 1. The highest BCUT2D eigenvalue weighted by Gasteiger charge is 2.44. The first-order valence-electron chi connectivity index (χ1n) is 6.48. The molecule has 2 unspecified atom stereocenters. The molecule has 21 heavy (non-hydrogen) atoms. The van der Waals surface area contributed by atoms with E-state index >= 15 is 0 Å². The number of amides is 1. The molecule has 116 valence electrons. The van der Waals surface area contributed by atoms with Crippen LogP contribution in [0.1, 0.15) is 6.92 Å². The molecule has 1 aliphatic heterocycles. The number of hydrogen-bond donors (Lipinski definition) is 3. The molecular formula is C13H19N3O4S. The van der Waals surface area contributed by atoms with E-state index in [9.17, 15) is 13.2 Å². The lowest BCUT2D eigenvalue weighted by atomic mass is 9.85. The highest BCUT2D eigenvalue weighted by atomic mass is 32.2. The summed E-state index contributed by atoms with van der Waals surface area (Å²) in [6.45, 7) is 2.31. The molecule has 1 heterocycles. The molecule has 8 heteroatoms. The van der Waals surface area contributed by atoms with Crippen molar-refractivity contribution in [3.63, 3.8) is 0 Å². The summed E-state index contributed by atoms with van der Waals surface area (Å²) in [5.41, 5.74) is 5.47. The Kier molecular flexibility index (Phi) is 4.33. The normalized spacial score (nSPS) is 25.8. The number of nitrogens with two attached hydrogens (primary N) is 1. The predicted molar refractivity (Wildman–Crippen MR) is 78.2 cm³/mol. The lowest BCUT2D eigenvalue weighted by molar-refractivity contribution is -0.125. The lowest BCUT2D eigenvalue weighted by Gasteiger charge is -2.25. The first kappa shape index (κ1) is 15.9. The third-order valence-electron chi connectivity index (χ3n) is 3.71. The van der Waals surface area contributed by atoms with Gasteiger partial charge in [0.1, 0.15) is 0 Å². The summed E-state index contributed by atoms with van der Waals surface area (Å²) in [5.74, 6) is -0.286. The van der Waals surface area contributed by atoms with Gasteiger partial charge in [-0.25, -0.2) is 13.1 Å². The van der Waals surface area contributed by atoms with Crippen LogP contribution in [-0.4, -0.2) is 40.6 Å². The van der Waals surface area contributed by atoms with Crippen LogP contribution in [0.2, 0.25) is 0 Å². The average molecular weight is 313 g/mol. The smallest absolute Gasteiger partial charge is 0.240 e. The first-order valence-corrected chi connectivity index (χ1v) is 7.96. The van der Waals surface area contributed by atoms with Crippen molar-refractivity contribution < 1.29 is 17.9 Å². The van der Waals surface area contributed by atoms with Gasteiger partial charge < -0.3 is 15.8 Å². The fourth-order valence-electron chi connectivity index (χ4n) is 2.06. The Morgan fingerprint density at radius 3 is 2.76 bits per heavy atom. The summed E-state index contributed by atoms with van der Waals surface area (Å²) < 4.78 is 31.0. The molecule has 1 saturated heterocycles. The zero-order chi connectivity index (χ0) is 15.7. The van der Waals surface area contributed by atoms with Crippen molar-refractivity contribution in [3.8, 4) is 0 Å². The maximum absolute atomic E-state index is 12.3. The van der Waals surface area contributed by atoms with Gasteiger partial charge in [0.15, 0.2) is 0 Å². The molecule has 1 aliphatic rings. The second-order valence-electron chi connectivity index (χ2n) is 5.23. The monoisotopic (exact) mass is 313 g/mol. The number of nitrogens with one attached hydrogen (secondary N) is 2. The van der Waals surface area contributed by atoms with Crippen molar-refractivity contribution in [2.75, 3.05) is 25.6 Å². The molecule has 4 N–H and O–H groups in total. The fraction of sp³-hybridized carbons (Fsp3) is 0.462. The van der Waals surface area contributed by atoms with Gasteiger partial charge in [-0.2, -0.15) is 0 Å². The minimum atomic E-state index is -3.55. The van der Waals surface area contributed by atoms with Gasteiger partial charge in [0.2, 0.25) is 15.9 Å². The second kappa shape index (κ2) is 5.72. The van der Waals surface area contributed by atoms with E-state index in [0.29, 0.717) is 12.3 Å². The number of carbonyl (C=O) groups excluding carboxylic acids is 1.